The molecule has 4 nitrogen and oxygen atoms in total. The van der Waals surface area contributed by atoms with Gasteiger partial charge in [0.25, 0.3) is 5.91 Å². The molecular weight excluding hydrogens is 370 g/mol. The van der Waals surface area contributed by atoms with Crippen LogP contribution >= 0.6 is 12.4 Å². The Hall–Kier alpha value is -2.04. The molecule has 0 aliphatic carbocycles. The largest absolute Gasteiger partial charge is 0.367 e. The maximum Gasteiger partial charge on any atom is 0.251 e. The summed E-state index contributed by atoms with van der Waals surface area (Å²) in [6, 6.07) is 20.0. The highest BCUT2D eigenvalue weighted by atomic mass is 35.5. The van der Waals surface area contributed by atoms with E-state index in [9.17, 15) is 4.79 Å². The van der Waals surface area contributed by atoms with Crippen LogP contribution in [-0.2, 0) is 6.54 Å². The lowest BCUT2D eigenvalue weighted by Gasteiger charge is -2.29. The summed E-state index contributed by atoms with van der Waals surface area (Å²) >= 11 is 0. The van der Waals surface area contributed by atoms with E-state index in [1.165, 1.54) is 18.4 Å². The number of rotatable bonds is 6. The monoisotopic (exact) mass is 399 g/mol. The summed E-state index contributed by atoms with van der Waals surface area (Å²) in [5.41, 5.74) is 3.19. The second-order valence-electron chi connectivity index (χ2n) is 7.83. The SMILES string of the molecule is CCN(Cc1ccccc1)c1ccc(C(=O)NC2CC3CCC(C2)N3)cc1.Cl. The fourth-order valence-electron chi connectivity index (χ4n) is 4.46. The maximum absolute atomic E-state index is 12.6. The third-order valence-corrected chi connectivity index (χ3v) is 5.90. The van der Waals surface area contributed by atoms with Crippen LogP contribution in [0.25, 0.3) is 0 Å². The first-order chi connectivity index (χ1) is 13.2. The number of hydrogen-bond donors (Lipinski definition) is 2. The quantitative estimate of drug-likeness (QED) is 0.767. The van der Waals surface area contributed by atoms with Crippen LogP contribution in [0.4, 0.5) is 5.69 Å². The number of hydrogen-bond acceptors (Lipinski definition) is 3. The third kappa shape index (κ3) is 4.86. The van der Waals surface area contributed by atoms with Crippen LogP contribution in [0.2, 0.25) is 0 Å². The number of nitrogens with one attached hydrogen (secondary N) is 2. The minimum Gasteiger partial charge on any atom is -0.367 e. The van der Waals surface area contributed by atoms with Crippen LogP contribution in [0.15, 0.2) is 54.6 Å². The Balaban J connectivity index is 0.00000225. The fraction of sp³-hybridized carbons (Fsp3) is 0.435. The predicted molar refractivity (Wildman–Crippen MR) is 117 cm³/mol. The standard InChI is InChI=1S/C23H29N3O.ClH/c1-2-26(16-17-6-4-3-5-7-17)22-12-8-18(9-13-22)23(27)25-21-14-19-10-11-20(15-21)24-19;/h3-9,12-13,19-21,24H,2,10-11,14-16H2,1H3,(H,25,27);1H. The molecule has 1 amide bonds. The number of piperidine rings is 1. The van der Waals surface area contributed by atoms with Crippen molar-refractivity contribution in [3.63, 3.8) is 0 Å². The minimum absolute atomic E-state index is 0. The molecular formula is C23H30ClN3O. The molecule has 0 spiro atoms. The molecule has 5 heteroatoms. The number of fused-ring (bicyclic) bond motifs is 2. The zero-order valence-corrected chi connectivity index (χ0v) is 17.3. The van der Waals surface area contributed by atoms with Crippen molar-refractivity contribution in [1.29, 1.82) is 0 Å². The van der Waals surface area contributed by atoms with E-state index in [4.69, 9.17) is 0 Å². The summed E-state index contributed by atoms with van der Waals surface area (Å²) in [7, 11) is 0. The molecule has 28 heavy (non-hydrogen) atoms. The van der Waals surface area contributed by atoms with Crippen molar-refractivity contribution in [1.82, 2.24) is 10.6 Å². The second-order valence-corrected chi connectivity index (χ2v) is 7.83. The van der Waals surface area contributed by atoms with Gasteiger partial charge in [-0.05, 0) is 62.4 Å². The van der Waals surface area contributed by atoms with Gasteiger partial charge in [-0.1, -0.05) is 30.3 Å². The van der Waals surface area contributed by atoms with Crippen molar-refractivity contribution >= 4 is 24.0 Å². The molecule has 2 atom stereocenters. The zero-order chi connectivity index (χ0) is 18.6. The molecule has 0 saturated carbocycles. The van der Waals surface area contributed by atoms with E-state index < -0.39 is 0 Å². The summed E-state index contributed by atoms with van der Waals surface area (Å²) in [5.74, 6) is 0.0546. The van der Waals surface area contributed by atoms with Crippen molar-refractivity contribution in [3.8, 4) is 0 Å². The van der Waals surface area contributed by atoms with Crippen LogP contribution in [0.1, 0.15) is 48.5 Å². The molecule has 0 aromatic heterocycles. The smallest absolute Gasteiger partial charge is 0.251 e. The predicted octanol–water partition coefficient (Wildman–Crippen LogP) is 4.15. The van der Waals surface area contributed by atoms with E-state index in [1.54, 1.807) is 0 Å². The second kappa shape index (κ2) is 9.44. The molecule has 0 radical (unpaired) electrons. The Bertz CT molecular complexity index is 753. The highest BCUT2D eigenvalue weighted by Gasteiger charge is 2.34. The summed E-state index contributed by atoms with van der Waals surface area (Å²) in [5, 5.41) is 6.87. The van der Waals surface area contributed by atoms with Crippen molar-refractivity contribution < 1.29 is 4.79 Å². The summed E-state index contributed by atoms with van der Waals surface area (Å²) < 4.78 is 0. The summed E-state index contributed by atoms with van der Waals surface area (Å²) in [6.45, 7) is 3.97. The third-order valence-electron chi connectivity index (χ3n) is 5.90. The van der Waals surface area contributed by atoms with Crippen LogP contribution in [0.5, 0.6) is 0 Å². The molecule has 2 aromatic rings. The first-order valence-corrected chi connectivity index (χ1v) is 10.2. The number of amides is 1. The van der Waals surface area contributed by atoms with E-state index in [1.807, 2.05) is 18.2 Å². The molecule has 2 aliphatic heterocycles. The van der Waals surface area contributed by atoms with Gasteiger partial charge in [0.2, 0.25) is 0 Å². The van der Waals surface area contributed by atoms with Gasteiger partial charge in [0.05, 0.1) is 0 Å². The normalized spacial score (nSPS) is 23.0. The Morgan fingerprint density at radius 1 is 1.04 bits per heavy atom. The van der Waals surface area contributed by atoms with Gasteiger partial charge < -0.3 is 15.5 Å². The first-order valence-electron chi connectivity index (χ1n) is 10.2. The van der Waals surface area contributed by atoms with E-state index in [-0.39, 0.29) is 18.3 Å². The van der Waals surface area contributed by atoms with Crippen molar-refractivity contribution in [2.24, 2.45) is 0 Å². The van der Waals surface area contributed by atoms with Gasteiger partial charge >= 0.3 is 0 Å². The number of carbonyl (C=O) groups is 1. The van der Waals surface area contributed by atoms with Crippen molar-refractivity contribution in [3.05, 3.63) is 65.7 Å². The lowest BCUT2D eigenvalue weighted by molar-refractivity contribution is 0.0924. The number of benzene rings is 2. The zero-order valence-electron chi connectivity index (χ0n) is 16.4. The van der Waals surface area contributed by atoms with E-state index in [0.717, 1.165) is 37.2 Å². The van der Waals surface area contributed by atoms with E-state index in [0.29, 0.717) is 18.1 Å². The Morgan fingerprint density at radius 3 is 2.29 bits per heavy atom. The van der Waals surface area contributed by atoms with E-state index >= 15 is 0 Å². The highest BCUT2D eigenvalue weighted by molar-refractivity contribution is 5.94. The maximum atomic E-state index is 12.6. The van der Waals surface area contributed by atoms with Crippen molar-refractivity contribution in [2.75, 3.05) is 11.4 Å². The molecule has 4 rings (SSSR count). The average Bonchev–Trinajstić information content (AvgIpc) is 3.05. The van der Waals surface area contributed by atoms with Crippen molar-refractivity contribution in [2.45, 2.75) is 57.3 Å². The average molecular weight is 400 g/mol. The number of nitrogens with zero attached hydrogens (tertiary/aromatic N) is 1. The van der Waals surface area contributed by atoms with Crippen LogP contribution in [0, 0.1) is 0 Å². The Kier molecular flexibility index (Phi) is 6.97. The lowest BCUT2D eigenvalue weighted by atomic mass is 9.99. The Morgan fingerprint density at radius 2 is 1.68 bits per heavy atom. The summed E-state index contributed by atoms with van der Waals surface area (Å²) in [4.78, 5) is 15.0. The van der Waals surface area contributed by atoms with E-state index in [2.05, 4.69) is 58.9 Å². The topological polar surface area (TPSA) is 44.4 Å². The van der Waals surface area contributed by atoms with Crippen LogP contribution in [-0.4, -0.2) is 30.6 Å². The first kappa shape index (κ1) is 20.7. The molecule has 2 bridgehead atoms. The highest BCUT2D eigenvalue weighted by Crippen LogP contribution is 2.27. The summed E-state index contributed by atoms with van der Waals surface area (Å²) in [6.07, 6.45) is 4.61. The lowest BCUT2D eigenvalue weighted by Crippen LogP contribution is -2.48. The van der Waals surface area contributed by atoms with Crippen LogP contribution < -0.4 is 15.5 Å². The van der Waals surface area contributed by atoms with Gasteiger partial charge in [-0.25, -0.2) is 0 Å². The molecule has 2 unspecified atom stereocenters. The minimum atomic E-state index is 0. The van der Waals surface area contributed by atoms with Crippen LogP contribution in [0.3, 0.4) is 0 Å². The van der Waals surface area contributed by atoms with Gasteiger partial charge in [-0.3, -0.25) is 4.79 Å². The van der Waals surface area contributed by atoms with Gasteiger partial charge in [-0.2, -0.15) is 0 Å². The fourth-order valence-corrected chi connectivity index (χ4v) is 4.46. The molecule has 2 fully saturated rings. The van der Waals surface area contributed by atoms with Gasteiger partial charge in [0.15, 0.2) is 0 Å². The number of anilines is 1. The molecule has 2 N–H and O–H groups in total. The Labute approximate surface area is 174 Å². The molecule has 150 valence electrons. The number of halogens is 1. The van der Waals surface area contributed by atoms with Gasteiger partial charge in [-0.15, -0.1) is 12.4 Å². The molecule has 2 aromatic carbocycles. The molecule has 2 saturated heterocycles. The molecule has 2 heterocycles. The molecule has 2 aliphatic rings. The number of carbonyl (C=O) groups excluding carboxylic acids is 1. The van der Waals surface area contributed by atoms with Gasteiger partial charge in [0, 0.05) is 42.5 Å². The van der Waals surface area contributed by atoms with Gasteiger partial charge in [0.1, 0.15) is 0 Å².